The molecule has 0 radical (unpaired) electrons. The van der Waals surface area contributed by atoms with Crippen LogP contribution in [0.2, 0.25) is 0 Å². The largest absolute Gasteiger partial charge is 0.313 e. The summed E-state index contributed by atoms with van der Waals surface area (Å²) in [6.07, 6.45) is 0. The molecule has 0 amide bonds. The van der Waals surface area contributed by atoms with Crippen LogP contribution in [0.3, 0.4) is 0 Å². The lowest BCUT2D eigenvalue weighted by Gasteiger charge is -2.29. The van der Waals surface area contributed by atoms with Crippen LogP contribution < -0.4 is 0 Å². The Morgan fingerprint density at radius 1 is 0.337 bits per heavy atom. The van der Waals surface area contributed by atoms with Gasteiger partial charge in [-0.3, -0.25) is 0 Å². The molecule has 1 aliphatic rings. The van der Waals surface area contributed by atoms with Gasteiger partial charge in [0.05, 0.1) is 0 Å². The van der Waals surface area contributed by atoms with Crippen LogP contribution in [-0.4, -0.2) is 17.5 Å². The summed E-state index contributed by atoms with van der Waals surface area (Å²) >= 11 is 2.34. The summed E-state index contributed by atoms with van der Waals surface area (Å²) in [5.74, 6) is -9.22. The van der Waals surface area contributed by atoms with Gasteiger partial charge in [0.25, 0.3) is 0 Å². The number of hydrogen-bond acceptors (Lipinski definition) is 6. The van der Waals surface area contributed by atoms with Crippen LogP contribution in [0.15, 0.2) is 242 Å². The molecule has 0 saturated carbocycles. The number of allylic oxidation sites excluding steroid dienone is 6. The summed E-state index contributed by atoms with van der Waals surface area (Å²) in [7, 11) is 0. The van der Waals surface area contributed by atoms with Crippen molar-refractivity contribution in [2.45, 2.75) is 52.1 Å². The quantitative estimate of drug-likeness (QED) is 0.0616. The van der Waals surface area contributed by atoms with E-state index in [0.717, 1.165) is 77.9 Å². The van der Waals surface area contributed by atoms with Crippen molar-refractivity contribution in [1.29, 1.82) is 21.0 Å². The molecule has 0 N–H and O–H groups in total. The molecule has 0 atom stereocenters. The lowest BCUT2D eigenvalue weighted by molar-refractivity contribution is -0.173. The maximum absolute atomic E-state index is 17.1. The van der Waals surface area contributed by atoms with E-state index in [1.807, 2.05) is 243 Å². The van der Waals surface area contributed by atoms with Crippen LogP contribution in [0.5, 0.6) is 0 Å². The predicted octanol–water partition coefficient (Wildman–Crippen LogP) is 21.3. The average molecular weight is 1210 g/mol. The van der Waals surface area contributed by atoms with Crippen molar-refractivity contribution in [1.82, 2.24) is 0 Å². The van der Waals surface area contributed by atoms with E-state index in [1.54, 1.807) is 27.7 Å². The number of thiophene rings is 2. The molecule has 8 aromatic carbocycles. The number of hydrogen-bond donors (Lipinski definition) is 0. The molecule has 2 aromatic heterocycles. The summed E-state index contributed by atoms with van der Waals surface area (Å²) in [5, 5.41) is 38.3. The van der Waals surface area contributed by atoms with Gasteiger partial charge < -0.3 is 0 Å². The Labute approximate surface area is 522 Å². The number of nitriles is 4. The van der Waals surface area contributed by atoms with Gasteiger partial charge in [0, 0.05) is 30.7 Å². The fraction of sp³-hybridized carbons (Fsp3) is 0.103. The lowest BCUT2D eigenvalue weighted by Crippen LogP contribution is -2.50. The van der Waals surface area contributed by atoms with Crippen LogP contribution in [0.1, 0.15) is 97.3 Å². The monoisotopic (exact) mass is 1200 g/mol. The minimum absolute atomic E-state index is 0.0249. The van der Waals surface area contributed by atoms with Gasteiger partial charge in [-0.2, -0.15) is 38.6 Å². The second-order valence-corrected chi connectivity index (χ2v) is 24.3. The highest BCUT2D eigenvalue weighted by atomic mass is 32.1. The number of halogens is 5. The van der Waals surface area contributed by atoms with Gasteiger partial charge in [0.1, 0.15) is 35.4 Å². The molecule has 0 bridgehead atoms. The van der Waals surface area contributed by atoms with E-state index < -0.39 is 28.7 Å². The third-order valence-electron chi connectivity index (χ3n) is 16.5. The van der Waals surface area contributed by atoms with Crippen LogP contribution in [0, 0.1) is 59.2 Å². The van der Waals surface area contributed by atoms with E-state index in [1.165, 1.54) is 34.8 Å². The van der Waals surface area contributed by atoms with Crippen LogP contribution in [0.4, 0.5) is 22.0 Å². The molecule has 0 unspecified atom stereocenters. The fourth-order valence-electron chi connectivity index (χ4n) is 11.6. The first-order valence-electron chi connectivity index (χ1n) is 28.5. The third-order valence-corrected chi connectivity index (χ3v) is 18.7. The van der Waals surface area contributed by atoms with E-state index in [4.69, 9.17) is 0 Å². The Kier molecular flexibility index (Phi) is 16.7. The second kappa shape index (κ2) is 24.7. The third kappa shape index (κ3) is 11.1. The number of alkyl halides is 5. The first-order valence-corrected chi connectivity index (χ1v) is 30.1. The topological polar surface area (TPSA) is 95.2 Å². The van der Waals surface area contributed by atoms with Gasteiger partial charge >= 0.3 is 11.8 Å². The molecule has 0 spiro atoms. The number of nitrogens with zero attached hydrogens (tertiary/aromatic N) is 4. The van der Waals surface area contributed by atoms with Gasteiger partial charge in [0.2, 0.25) is 5.67 Å². The molecular weight excluding hydrogens is 1150 g/mol. The summed E-state index contributed by atoms with van der Waals surface area (Å²) in [6.45, 7) is 6.97. The van der Waals surface area contributed by atoms with Crippen molar-refractivity contribution in [3.8, 4) is 45.2 Å². The van der Waals surface area contributed by atoms with Gasteiger partial charge in [-0.1, -0.05) is 218 Å². The first kappa shape index (κ1) is 60.2. The first-order chi connectivity index (χ1) is 42.9. The van der Waals surface area contributed by atoms with E-state index in [0.29, 0.717) is 48.7 Å². The fourth-order valence-corrected chi connectivity index (χ4v) is 13.7. The second-order valence-electron chi connectivity index (χ2n) is 21.8. The van der Waals surface area contributed by atoms with Gasteiger partial charge in [-0.15, -0.1) is 22.7 Å². The van der Waals surface area contributed by atoms with Crippen molar-refractivity contribution >= 4 is 67.3 Å². The van der Waals surface area contributed by atoms with Gasteiger partial charge in [-0.25, -0.2) is 4.39 Å². The molecule has 0 saturated heterocycles. The molecule has 2 heterocycles. The minimum atomic E-state index is -4.61. The van der Waals surface area contributed by atoms with E-state index in [-0.39, 0.29) is 22.3 Å². The highest BCUT2D eigenvalue weighted by molar-refractivity contribution is 7.16. The highest BCUT2D eigenvalue weighted by Crippen LogP contribution is 2.65. The average Bonchev–Trinajstić information content (AvgIpc) is 1.54. The zero-order valence-electron chi connectivity index (χ0n) is 48.9. The number of benzene rings is 8. The van der Waals surface area contributed by atoms with Crippen molar-refractivity contribution in [3.63, 3.8) is 0 Å². The number of aryl methyl sites for hydroxylation is 2. The Morgan fingerprint density at radius 3 is 0.809 bits per heavy atom. The zero-order valence-corrected chi connectivity index (χ0v) is 50.6. The smallest absolute Gasteiger partial charge is 0.230 e. The maximum atomic E-state index is 17.1. The molecule has 89 heavy (non-hydrogen) atoms. The Bertz CT molecular complexity index is 4360. The van der Waals surface area contributed by atoms with Gasteiger partial charge in [0.15, 0.2) is 0 Å². The van der Waals surface area contributed by atoms with Crippen LogP contribution in [0.25, 0.3) is 65.5 Å². The Morgan fingerprint density at radius 2 is 0.562 bits per heavy atom. The standard InChI is InChI=1S/C78H53F5N4S2/c1-48(64(44-84)45-85)52-26-34-60(35-27-52)70(56-18-10-6-11-19-56)72(58-22-14-8-15-23-58)62-38-30-54(31-39-62)68-42-66(50(3)88-68)74-75(78(82,83)76(5,79)77(74,80)81)67-43-69(89-51(67)4)55-32-40-63(41-33-55)73(59-24-16-9-17-25-59)71(57-20-12-7-13-21-57)61-36-28-53(29-37-61)49(2)65(46-86)47-87/h6-43H,1-5H3/b72-70+,73-71+. The highest BCUT2D eigenvalue weighted by Gasteiger charge is 2.76. The molecule has 432 valence electrons. The van der Waals surface area contributed by atoms with Crippen LogP contribution >= 0.6 is 22.7 Å². The molecule has 0 fully saturated rings. The molecule has 0 aliphatic heterocycles. The summed E-state index contributed by atoms with van der Waals surface area (Å²) < 4.78 is 85.0. The zero-order chi connectivity index (χ0) is 62.8. The van der Waals surface area contributed by atoms with Crippen molar-refractivity contribution in [3.05, 3.63) is 318 Å². The maximum Gasteiger partial charge on any atom is 0.313 e. The molecule has 11 rings (SSSR count). The molecular formula is C78H53F5N4S2. The Hall–Kier alpha value is -10.5. The minimum Gasteiger partial charge on any atom is -0.230 e. The summed E-state index contributed by atoms with van der Waals surface area (Å²) in [6, 6.07) is 81.1. The predicted molar refractivity (Wildman–Crippen MR) is 352 cm³/mol. The number of rotatable bonds is 14. The SMILES string of the molecule is CC(=C(C#N)C#N)c1ccc(/C(=C(\c2ccccc2)c2ccc(-c3cc(C4=C(c5cc(-c6ccc(/C(=C(\c7ccccc7)c7ccc(C(C)=C(C#N)C#N)cc7)c7ccccc7)cc6)sc5C)C(F)(F)C(C)(F)C4(F)F)c(C)s3)cc2)c2ccccc2)cc1. The van der Waals surface area contributed by atoms with Crippen molar-refractivity contribution in [2.24, 2.45) is 0 Å². The van der Waals surface area contributed by atoms with Crippen molar-refractivity contribution < 1.29 is 22.0 Å². The lowest BCUT2D eigenvalue weighted by atomic mass is 9.85. The van der Waals surface area contributed by atoms with E-state index >= 15 is 22.0 Å². The molecule has 4 nitrogen and oxygen atoms in total. The molecule has 11 heteroatoms. The van der Waals surface area contributed by atoms with E-state index in [2.05, 4.69) is 0 Å². The van der Waals surface area contributed by atoms with Gasteiger partial charge in [-0.05, 0) is 158 Å². The van der Waals surface area contributed by atoms with Crippen LogP contribution in [-0.2, 0) is 0 Å². The van der Waals surface area contributed by atoms with Crippen molar-refractivity contribution in [2.75, 3.05) is 0 Å². The normalized spacial score (nSPS) is 14.3. The Balaban J connectivity index is 0.989. The summed E-state index contributed by atoms with van der Waals surface area (Å²) in [5.41, 5.74) is 7.88. The summed E-state index contributed by atoms with van der Waals surface area (Å²) in [4.78, 5) is 1.70. The van der Waals surface area contributed by atoms with E-state index in [9.17, 15) is 21.0 Å². The molecule has 10 aromatic rings. The molecule has 1 aliphatic carbocycles.